The van der Waals surface area contributed by atoms with Crippen molar-refractivity contribution in [1.82, 2.24) is 0 Å². The summed E-state index contributed by atoms with van der Waals surface area (Å²) in [6.45, 7) is 3.73. The second-order valence-electron chi connectivity index (χ2n) is 4.27. The topological polar surface area (TPSA) is 43.4 Å². The third-order valence-corrected chi connectivity index (χ3v) is 3.23. The summed E-state index contributed by atoms with van der Waals surface area (Å²) < 4.78 is 4.53. The first-order chi connectivity index (χ1) is 8.45. The molecule has 0 N–H and O–H groups in total. The maximum atomic E-state index is 12.0. The summed E-state index contributed by atoms with van der Waals surface area (Å²) in [7, 11) is 1.34. The van der Waals surface area contributed by atoms with Crippen molar-refractivity contribution in [3.63, 3.8) is 0 Å². The second-order valence-corrected chi connectivity index (χ2v) is 4.68. The number of ether oxygens (including phenoxy) is 1. The molecule has 0 amide bonds. The largest absolute Gasteiger partial charge is 0.469 e. The second kappa shape index (κ2) is 6.55. The van der Waals surface area contributed by atoms with Gasteiger partial charge in [0.25, 0.3) is 0 Å². The molecule has 3 nitrogen and oxygen atoms in total. The highest BCUT2D eigenvalue weighted by Gasteiger charge is 2.12. The van der Waals surface area contributed by atoms with Crippen molar-refractivity contribution in [1.29, 1.82) is 0 Å². The number of ketones is 1. The Morgan fingerprint density at radius 3 is 2.44 bits per heavy atom. The van der Waals surface area contributed by atoms with E-state index in [-0.39, 0.29) is 18.2 Å². The van der Waals surface area contributed by atoms with E-state index in [1.54, 1.807) is 12.1 Å². The van der Waals surface area contributed by atoms with E-state index >= 15 is 0 Å². The summed E-state index contributed by atoms with van der Waals surface area (Å²) in [6, 6.07) is 3.60. The average Bonchev–Trinajstić information content (AvgIpc) is 2.33. The first-order valence-corrected chi connectivity index (χ1v) is 6.20. The van der Waals surface area contributed by atoms with E-state index in [0.717, 1.165) is 11.1 Å². The van der Waals surface area contributed by atoms with Gasteiger partial charge in [0.05, 0.1) is 7.11 Å². The van der Waals surface area contributed by atoms with Crippen molar-refractivity contribution in [2.24, 2.45) is 0 Å². The van der Waals surface area contributed by atoms with Crippen LogP contribution in [0.1, 0.15) is 40.7 Å². The SMILES string of the molecule is COC(=O)CCCC(=O)c1cc(C)c(Cl)cc1C. The molecule has 0 fully saturated rings. The van der Waals surface area contributed by atoms with Crippen LogP contribution >= 0.6 is 11.6 Å². The van der Waals surface area contributed by atoms with Gasteiger partial charge >= 0.3 is 5.97 Å². The van der Waals surface area contributed by atoms with Gasteiger partial charge in [-0.05, 0) is 43.5 Å². The lowest BCUT2D eigenvalue weighted by Crippen LogP contribution is -2.05. The van der Waals surface area contributed by atoms with Gasteiger partial charge in [-0.25, -0.2) is 0 Å². The molecule has 0 aliphatic heterocycles. The Morgan fingerprint density at radius 1 is 1.17 bits per heavy atom. The molecule has 0 saturated heterocycles. The van der Waals surface area contributed by atoms with Crippen LogP contribution in [0.25, 0.3) is 0 Å². The fraction of sp³-hybridized carbons (Fsp3) is 0.429. The van der Waals surface area contributed by atoms with Crippen LogP contribution in [0.3, 0.4) is 0 Å². The fourth-order valence-electron chi connectivity index (χ4n) is 1.71. The highest BCUT2D eigenvalue weighted by Crippen LogP contribution is 2.22. The number of carbonyl (C=O) groups is 2. The molecule has 1 aromatic carbocycles. The molecule has 1 rings (SSSR count). The maximum Gasteiger partial charge on any atom is 0.305 e. The molecule has 1 aromatic rings. The minimum Gasteiger partial charge on any atom is -0.469 e. The first kappa shape index (κ1) is 14.7. The zero-order valence-corrected chi connectivity index (χ0v) is 11.6. The Labute approximate surface area is 112 Å². The van der Waals surface area contributed by atoms with Crippen molar-refractivity contribution < 1.29 is 14.3 Å². The molecule has 0 spiro atoms. The standard InChI is InChI=1S/C14H17ClO3/c1-9-8-12(15)10(2)7-11(9)13(16)5-4-6-14(17)18-3/h7-8H,4-6H2,1-3H3. The Morgan fingerprint density at radius 2 is 1.83 bits per heavy atom. The lowest BCUT2D eigenvalue weighted by atomic mass is 9.99. The van der Waals surface area contributed by atoms with Crippen LogP contribution in [0.2, 0.25) is 5.02 Å². The van der Waals surface area contributed by atoms with Crippen molar-refractivity contribution in [2.75, 3.05) is 7.11 Å². The van der Waals surface area contributed by atoms with Crippen LogP contribution in [-0.4, -0.2) is 18.9 Å². The average molecular weight is 269 g/mol. The van der Waals surface area contributed by atoms with E-state index in [0.29, 0.717) is 23.4 Å². The molecular formula is C14H17ClO3. The van der Waals surface area contributed by atoms with Crippen molar-refractivity contribution in [3.05, 3.63) is 33.8 Å². The molecule has 0 unspecified atom stereocenters. The van der Waals surface area contributed by atoms with Gasteiger partial charge in [0, 0.05) is 23.4 Å². The number of carbonyl (C=O) groups excluding carboxylic acids is 2. The zero-order chi connectivity index (χ0) is 13.7. The van der Waals surface area contributed by atoms with E-state index in [1.807, 2.05) is 13.8 Å². The smallest absolute Gasteiger partial charge is 0.305 e. The summed E-state index contributed by atoms with van der Waals surface area (Å²) >= 11 is 5.98. The molecule has 0 heterocycles. The number of halogens is 1. The summed E-state index contributed by atoms with van der Waals surface area (Å²) in [5.41, 5.74) is 2.44. The number of hydrogen-bond acceptors (Lipinski definition) is 3. The number of rotatable bonds is 5. The summed E-state index contributed by atoms with van der Waals surface area (Å²) in [6.07, 6.45) is 1.12. The van der Waals surface area contributed by atoms with Crippen LogP contribution < -0.4 is 0 Å². The third-order valence-electron chi connectivity index (χ3n) is 2.82. The number of Topliss-reactive ketones (excluding diaryl/α,β-unsaturated/α-hetero) is 1. The number of aryl methyl sites for hydroxylation is 2. The van der Waals surface area contributed by atoms with Crippen molar-refractivity contribution >= 4 is 23.4 Å². The van der Waals surface area contributed by atoms with Gasteiger partial charge in [-0.15, -0.1) is 0 Å². The minimum atomic E-state index is -0.285. The monoisotopic (exact) mass is 268 g/mol. The van der Waals surface area contributed by atoms with Gasteiger partial charge in [-0.3, -0.25) is 9.59 Å². The normalized spacial score (nSPS) is 10.2. The van der Waals surface area contributed by atoms with Crippen molar-refractivity contribution in [3.8, 4) is 0 Å². The molecule has 4 heteroatoms. The maximum absolute atomic E-state index is 12.0. The quantitative estimate of drug-likeness (QED) is 0.606. The summed E-state index contributed by atoms with van der Waals surface area (Å²) in [5, 5.41) is 0.665. The highest BCUT2D eigenvalue weighted by molar-refractivity contribution is 6.31. The zero-order valence-electron chi connectivity index (χ0n) is 10.9. The van der Waals surface area contributed by atoms with Crippen LogP contribution in [0.15, 0.2) is 12.1 Å². The van der Waals surface area contributed by atoms with Gasteiger partial charge in [0.2, 0.25) is 0 Å². The minimum absolute atomic E-state index is 0.0381. The van der Waals surface area contributed by atoms with Crippen LogP contribution in [0.4, 0.5) is 0 Å². The van der Waals surface area contributed by atoms with Gasteiger partial charge in [-0.1, -0.05) is 11.6 Å². The highest BCUT2D eigenvalue weighted by atomic mass is 35.5. The Bertz CT molecular complexity index is 466. The molecule has 0 radical (unpaired) electrons. The lowest BCUT2D eigenvalue weighted by Gasteiger charge is -2.07. The van der Waals surface area contributed by atoms with E-state index in [2.05, 4.69) is 4.74 Å². The molecule has 0 aliphatic rings. The fourth-order valence-corrected chi connectivity index (χ4v) is 1.93. The van der Waals surface area contributed by atoms with E-state index in [9.17, 15) is 9.59 Å². The van der Waals surface area contributed by atoms with Gasteiger partial charge in [-0.2, -0.15) is 0 Å². The van der Waals surface area contributed by atoms with Crippen LogP contribution in [0.5, 0.6) is 0 Å². The van der Waals surface area contributed by atoms with Gasteiger partial charge < -0.3 is 4.74 Å². The molecule has 0 aliphatic carbocycles. The molecule has 0 saturated carbocycles. The third kappa shape index (κ3) is 3.84. The van der Waals surface area contributed by atoms with Gasteiger partial charge in [0.1, 0.15) is 0 Å². The Balaban J connectivity index is 2.67. The number of benzene rings is 1. The van der Waals surface area contributed by atoms with Gasteiger partial charge in [0.15, 0.2) is 5.78 Å². The van der Waals surface area contributed by atoms with E-state index < -0.39 is 0 Å². The summed E-state index contributed by atoms with van der Waals surface area (Å²) in [4.78, 5) is 22.9. The molecule has 0 bridgehead atoms. The van der Waals surface area contributed by atoms with Crippen molar-refractivity contribution in [2.45, 2.75) is 33.1 Å². The predicted octanol–water partition coefficient (Wildman–Crippen LogP) is 3.48. The number of hydrogen-bond donors (Lipinski definition) is 0. The lowest BCUT2D eigenvalue weighted by molar-refractivity contribution is -0.140. The molecule has 0 atom stereocenters. The van der Waals surface area contributed by atoms with E-state index in [4.69, 9.17) is 11.6 Å². The van der Waals surface area contributed by atoms with Crippen LogP contribution in [0, 0.1) is 13.8 Å². The number of methoxy groups -OCH3 is 1. The molecule has 18 heavy (non-hydrogen) atoms. The Kier molecular flexibility index (Phi) is 5.35. The molecule has 0 aromatic heterocycles. The van der Waals surface area contributed by atoms with E-state index in [1.165, 1.54) is 7.11 Å². The predicted molar refractivity (Wildman–Crippen MR) is 71.1 cm³/mol. The molecule has 98 valence electrons. The Hall–Kier alpha value is -1.35. The summed E-state index contributed by atoms with van der Waals surface area (Å²) in [5.74, 6) is -0.247. The van der Waals surface area contributed by atoms with Crippen LogP contribution in [-0.2, 0) is 9.53 Å². The molecular weight excluding hydrogens is 252 g/mol. The first-order valence-electron chi connectivity index (χ1n) is 5.82. The number of esters is 1.